The summed E-state index contributed by atoms with van der Waals surface area (Å²) in [5, 5.41) is 2.80. The molecule has 0 aromatic heterocycles. The van der Waals surface area contributed by atoms with Crippen LogP contribution in [0, 0.1) is 0 Å². The summed E-state index contributed by atoms with van der Waals surface area (Å²) in [6.45, 7) is 0. The Hall–Kier alpha value is -3.02. The smallest absolute Gasteiger partial charge is 0.465 e. The molecule has 0 radical (unpaired) electrons. The number of anilines is 1. The zero-order chi connectivity index (χ0) is 19.7. The molecule has 0 spiro atoms. The Morgan fingerprint density at radius 3 is 2.31 bits per heavy atom. The number of hydrogen-bond donors (Lipinski definition) is 2. The molecule has 2 aromatic carbocycles. The molecule has 0 fully saturated rings. The molecule has 0 heterocycles. The molecule has 0 aliphatic rings. The van der Waals surface area contributed by atoms with Gasteiger partial charge in [-0.3, -0.25) is 0 Å². The summed E-state index contributed by atoms with van der Waals surface area (Å²) in [5.41, 5.74) is -0.995. The monoisotopic (exact) mass is 392 g/mol. The highest BCUT2D eigenvalue weighted by Crippen LogP contribution is 2.33. The van der Waals surface area contributed by atoms with E-state index in [9.17, 15) is 31.2 Å². The van der Waals surface area contributed by atoms with E-state index < -0.39 is 38.9 Å². The van der Waals surface area contributed by atoms with Crippen LogP contribution in [0.3, 0.4) is 0 Å². The second kappa shape index (κ2) is 6.71. The minimum Gasteiger partial charge on any atom is -0.465 e. The highest BCUT2D eigenvalue weighted by molar-refractivity contribution is 7.88. The first-order chi connectivity index (χ1) is 11.9. The Labute approximate surface area is 144 Å². The van der Waals surface area contributed by atoms with Gasteiger partial charge >= 0.3 is 27.6 Å². The molecule has 0 saturated carbocycles. The number of halogens is 3. The van der Waals surface area contributed by atoms with Crippen molar-refractivity contribution in [2.75, 3.05) is 12.4 Å². The van der Waals surface area contributed by atoms with Crippen LogP contribution >= 0.6 is 0 Å². The van der Waals surface area contributed by atoms with Crippen LogP contribution in [0.15, 0.2) is 30.3 Å². The molecular weight excluding hydrogens is 381 g/mol. The SMILES string of the molecule is COC(=O)c1cc2cc(NC(N)=O)ccc2cc1OS(=O)(=O)C(F)(F)F. The van der Waals surface area contributed by atoms with Crippen molar-refractivity contribution in [1.82, 2.24) is 0 Å². The largest absolute Gasteiger partial charge is 0.534 e. The van der Waals surface area contributed by atoms with Gasteiger partial charge in [-0.25, -0.2) is 9.59 Å². The van der Waals surface area contributed by atoms with Crippen molar-refractivity contribution in [3.8, 4) is 5.75 Å². The third-order valence-electron chi connectivity index (χ3n) is 3.09. The summed E-state index contributed by atoms with van der Waals surface area (Å²) in [6, 6.07) is 5.23. The number of primary amides is 1. The Balaban J connectivity index is 2.62. The quantitative estimate of drug-likeness (QED) is 0.467. The number of carbonyl (C=O) groups is 2. The number of nitrogens with one attached hydrogen (secondary N) is 1. The lowest BCUT2D eigenvalue weighted by Gasteiger charge is -2.13. The van der Waals surface area contributed by atoms with Crippen LogP contribution in [0.25, 0.3) is 10.8 Å². The number of fused-ring (bicyclic) bond motifs is 1. The van der Waals surface area contributed by atoms with E-state index in [1.807, 2.05) is 0 Å². The Bertz CT molecular complexity index is 988. The molecule has 0 unspecified atom stereocenters. The van der Waals surface area contributed by atoms with Gasteiger partial charge in [0.2, 0.25) is 0 Å². The van der Waals surface area contributed by atoms with Crippen molar-refractivity contribution >= 4 is 38.6 Å². The number of hydrogen-bond acceptors (Lipinski definition) is 6. The zero-order valence-electron chi connectivity index (χ0n) is 13.0. The highest BCUT2D eigenvalue weighted by Gasteiger charge is 2.49. The molecule has 2 aromatic rings. The number of amides is 2. The minimum atomic E-state index is -5.99. The number of ether oxygens (including phenoxy) is 1. The van der Waals surface area contributed by atoms with Gasteiger partial charge in [0.15, 0.2) is 5.75 Å². The van der Waals surface area contributed by atoms with Gasteiger partial charge in [-0.2, -0.15) is 21.6 Å². The fourth-order valence-corrected chi connectivity index (χ4v) is 2.47. The van der Waals surface area contributed by atoms with Gasteiger partial charge in [0.25, 0.3) is 0 Å². The Kier molecular flexibility index (Phi) is 4.98. The van der Waals surface area contributed by atoms with Gasteiger partial charge in [0.05, 0.1) is 7.11 Å². The topological polar surface area (TPSA) is 125 Å². The number of carbonyl (C=O) groups excluding carboxylic acids is 2. The number of benzene rings is 2. The van der Waals surface area contributed by atoms with Crippen LogP contribution in [0.5, 0.6) is 5.75 Å². The van der Waals surface area contributed by atoms with Crippen molar-refractivity contribution in [1.29, 1.82) is 0 Å². The summed E-state index contributed by atoms with van der Waals surface area (Å²) < 4.78 is 68.6. The molecule has 140 valence electrons. The molecule has 2 rings (SSSR count). The average Bonchev–Trinajstić information content (AvgIpc) is 2.51. The third-order valence-corrected chi connectivity index (χ3v) is 4.06. The van der Waals surface area contributed by atoms with E-state index in [2.05, 4.69) is 14.2 Å². The molecule has 3 N–H and O–H groups in total. The molecular formula is C14H11F3N2O6S. The number of alkyl halides is 3. The molecule has 26 heavy (non-hydrogen) atoms. The summed E-state index contributed by atoms with van der Waals surface area (Å²) in [7, 11) is -5.03. The van der Waals surface area contributed by atoms with Gasteiger partial charge in [-0.1, -0.05) is 6.07 Å². The zero-order valence-corrected chi connectivity index (χ0v) is 13.8. The Morgan fingerprint density at radius 1 is 1.12 bits per heavy atom. The van der Waals surface area contributed by atoms with Gasteiger partial charge in [0.1, 0.15) is 5.56 Å². The van der Waals surface area contributed by atoms with Crippen molar-refractivity contribution < 1.29 is 40.1 Å². The van der Waals surface area contributed by atoms with Crippen molar-refractivity contribution in [3.63, 3.8) is 0 Å². The maximum absolute atomic E-state index is 12.5. The number of nitrogens with two attached hydrogens (primary N) is 1. The predicted octanol–water partition coefficient (Wildman–Crippen LogP) is 2.35. The van der Waals surface area contributed by atoms with E-state index >= 15 is 0 Å². The van der Waals surface area contributed by atoms with Crippen molar-refractivity contribution in [3.05, 3.63) is 35.9 Å². The number of esters is 1. The van der Waals surface area contributed by atoms with E-state index in [0.29, 0.717) is 0 Å². The summed E-state index contributed by atoms with van der Waals surface area (Å²) in [5.74, 6) is -1.97. The number of methoxy groups -OCH3 is 1. The van der Waals surface area contributed by atoms with E-state index in [1.54, 1.807) is 0 Å². The maximum atomic E-state index is 12.5. The molecule has 12 heteroatoms. The molecule has 0 aliphatic heterocycles. The van der Waals surface area contributed by atoms with Crippen molar-refractivity contribution in [2.45, 2.75) is 5.51 Å². The van der Waals surface area contributed by atoms with Crippen LogP contribution < -0.4 is 15.2 Å². The number of rotatable bonds is 4. The molecule has 0 bridgehead atoms. The molecule has 8 nitrogen and oxygen atoms in total. The third kappa shape index (κ3) is 3.96. The van der Waals surface area contributed by atoms with Crippen molar-refractivity contribution in [2.24, 2.45) is 5.73 Å². The number of urea groups is 1. The minimum absolute atomic E-state index is 0.236. The fraction of sp³-hybridized carbons (Fsp3) is 0.143. The van der Waals surface area contributed by atoms with E-state index in [1.165, 1.54) is 18.2 Å². The summed E-state index contributed by atoms with van der Waals surface area (Å²) >= 11 is 0. The van der Waals surface area contributed by atoms with Crippen LogP contribution in [-0.2, 0) is 14.9 Å². The average molecular weight is 392 g/mol. The van der Waals surface area contributed by atoms with E-state index in [0.717, 1.165) is 19.2 Å². The second-order valence-electron chi connectivity index (χ2n) is 4.87. The van der Waals surface area contributed by atoms with Gasteiger partial charge in [-0.15, -0.1) is 0 Å². The Morgan fingerprint density at radius 2 is 1.77 bits per heavy atom. The van der Waals surface area contributed by atoms with E-state index in [-0.39, 0.29) is 16.5 Å². The van der Waals surface area contributed by atoms with Crippen LogP contribution in [0.4, 0.5) is 23.7 Å². The van der Waals surface area contributed by atoms with E-state index in [4.69, 9.17) is 5.73 Å². The van der Waals surface area contributed by atoms with Crippen LogP contribution in [0.1, 0.15) is 10.4 Å². The van der Waals surface area contributed by atoms with Gasteiger partial charge in [0, 0.05) is 5.69 Å². The first-order valence-corrected chi connectivity index (χ1v) is 8.09. The lowest BCUT2D eigenvalue weighted by molar-refractivity contribution is -0.0500. The second-order valence-corrected chi connectivity index (χ2v) is 6.41. The highest BCUT2D eigenvalue weighted by atomic mass is 32.2. The summed E-state index contributed by atoms with van der Waals surface area (Å²) in [4.78, 5) is 22.7. The first kappa shape index (κ1) is 19.3. The molecule has 0 saturated heterocycles. The standard InChI is InChI=1S/C14H11F3N2O6S/c1-24-12(20)10-5-8-4-9(19-13(18)21)3-2-7(8)6-11(10)25-26(22,23)14(15,16)17/h2-6H,1H3,(H3,18,19,21). The molecule has 2 amide bonds. The van der Waals surface area contributed by atoms with Crippen LogP contribution in [-0.4, -0.2) is 33.0 Å². The lowest BCUT2D eigenvalue weighted by atomic mass is 10.1. The predicted molar refractivity (Wildman–Crippen MR) is 84.1 cm³/mol. The van der Waals surface area contributed by atoms with Gasteiger partial charge in [-0.05, 0) is 35.0 Å². The normalized spacial score (nSPS) is 11.8. The molecule has 0 aliphatic carbocycles. The lowest BCUT2D eigenvalue weighted by Crippen LogP contribution is -2.28. The summed E-state index contributed by atoms with van der Waals surface area (Å²) in [6.07, 6.45) is 0. The van der Waals surface area contributed by atoms with Gasteiger partial charge < -0.3 is 20.0 Å². The first-order valence-electron chi connectivity index (χ1n) is 6.68. The van der Waals surface area contributed by atoms with Crippen LogP contribution in [0.2, 0.25) is 0 Å². The molecule has 0 atom stereocenters. The maximum Gasteiger partial charge on any atom is 0.534 e. The fourth-order valence-electron chi connectivity index (χ4n) is 2.00.